The highest BCUT2D eigenvalue weighted by molar-refractivity contribution is 6.01. The lowest BCUT2D eigenvalue weighted by molar-refractivity contribution is -0.137. The molecule has 0 radical (unpaired) electrons. The first kappa shape index (κ1) is 16.7. The van der Waals surface area contributed by atoms with E-state index >= 15 is 0 Å². The standard InChI is InChI=1S/C16H15F3N2O2/c1-10(14-7-6-13(23-2)9-15(14)22)20-21-12-5-3-4-11(8-12)16(17,18)19/h3-9,21-22H,1-2H3. The average molecular weight is 324 g/mol. The molecule has 2 rings (SSSR count). The van der Waals surface area contributed by atoms with Crippen molar-refractivity contribution < 1.29 is 23.0 Å². The fraction of sp³-hybridized carbons (Fsp3) is 0.188. The molecule has 2 aromatic carbocycles. The Labute approximate surface area is 131 Å². The molecule has 0 saturated heterocycles. The SMILES string of the molecule is COc1ccc(C(C)=NNc2cccc(C(F)(F)F)c2)c(O)c1. The number of halogens is 3. The van der Waals surface area contributed by atoms with Gasteiger partial charge in [-0.1, -0.05) is 6.07 Å². The topological polar surface area (TPSA) is 53.8 Å². The molecule has 7 heteroatoms. The van der Waals surface area contributed by atoms with Crippen molar-refractivity contribution in [3.05, 3.63) is 53.6 Å². The monoisotopic (exact) mass is 324 g/mol. The first-order valence-electron chi connectivity index (χ1n) is 6.66. The second-order valence-electron chi connectivity index (χ2n) is 4.77. The average Bonchev–Trinajstić information content (AvgIpc) is 2.52. The van der Waals surface area contributed by atoms with Crippen LogP contribution in [0.2, 0.25) is 0 Å². The summed E-state index contributed by atoms with van der Waals surface area (Å²) in [7, 11) is 1.48. The number of phenolic OH excluding ortho intramolecular Hbond substituents is 1. The molecule has 0 bridgehead atoms. The molecule has 0 aromatic heterocycles. The Morgan fingerprint density at radius 3 is 2.52 bits per heavy atom. The van der Waals surface area contributed by atoms with Crippen molar-refractivity contribution in [2.75, 3.05) is 12.5 Å². The van der Waals surface area contributed by atoms with E-state index in [1.807, 2.05) is 0 Å². The van der Waals surface area contributed by atoms with Gasteiger partial charge in [-0.3, -0.25) is 5.43 Å². The highest BCUT2D eigenvalue weighted by atomic mass is 19.4. The van der Waals surface area contributed by atoms with Crippen LogP contribution in [0.5, 0.6) is 11.5 Å². The number of nitrogens with zero attached hydrogens (tertiary/aromatic N) is 1. The van der Waals surface area contributed by atoms with E-state index in [2.05, 4.69) is 10.5 Å². The van der Waals surface area contributed by atoms with E-state index in [1.165, 1.54) is 25.3 Å². The Bertz CT molecular complexity index is 728. The lowest BCUT2D eigenvalue weighted by Crippen LogP contribution is -2.05. The summed E-state index contributed by atoms with van der Waals surface area (Å²) in [6, 6.07) is 9.40. The van der Waals surface area contributed by atoms with Gasteiger partial charge in [0.2, 0.25) is 0 Å². The Kier molecular flexibility index (Phi) is 4.78. The first-order valence-corrected chi connectivity index (χ1v) is 6.66. The number of alkyl halides is 3. The van der Waals surface area contributed by atoms with Crippen LogP contribution >= 0.6 is 0 Å². The molecule has 2 N–H and O–H groups in total. The quantitative estimate of drug-likeness (QED) is 0.653. The van der Waals surface area contributed by atoms with E-state index in [0.29, 0.717) is 17.0 Å². The molecule has 0 aliphatic heterocycles. The minimum atomic E-state index is -4.41. The van der Waals surface area contributed by atoms with E-state index in [-0.39, 0.29) is 11.4 Å². The summed E-state index contributed by atoms with van der Waals surface area (Å²) in [6.45, 7) is 1.63. The number of nitrogens with one attached hydrogen (secondary N) is 1. The zero-order chi connectivity index (χ0) is 17.0. The van der Waals surface area contributed by atoms with Crippen LogP contribution in [-0.4, -0.2) is 17.9 Å². The smallest absolute Gasteiger partial charge is 0.416 e. The van der Waals surface area contributed by atoms with Gasteiger partial charge in [-0.2, -0.15) is 18.3 Å². The molecule has 0 fully saturated rings. The maximum absolute atomic E-state index is 12.6. The third-order valence-electron chi connectivity index (χ3n) is 3.14. The number of hydrogen-bond acceptors (Lipinski definition) is 4. The van der Waals surface area contributed by atoms with Crippen molar-refractivity contribution >= 4 is 11.4 Å². The number of hydrazone groups is 1. The second-order valence-corrected chi connectivity index (χ2v) is 4.77. The van der Waals surface area contributed by atoms with Gasteiger partial charge in [-0.05, 0) is 37.3 Å². The third-order valence-corrected chi connectivity index (χ3v) is 3.14. The summed E-state index contributed by atoms with van der Waals surface area (Å²) in [4.78, 5) is 0. The molecule has 0 aliphatic carbocycles. The summed E-state index contributed by atoms with van der Waals surface area (Å²) in [5.74, 6) is 0.460. The maximum atomic E-state index is 12.6. The van der Waals surface area contributed by atoms with Gasteiger partial charge in [0.15, 0.2) is 0 Å². The molecule has 4 nitrogen and oxygen atoms in total. The number of phenols is 1. The predicted molar refractivity (Wildman–Crippen MR) is 81.9 cm³/mol. The summed E-state index contributed by atoms with van der Waals surface area (Å²) >= 11 is 0. The molecular formula is C16H15F3N2O2. The molecule has 0 saturated carbocycles. The Morgan fingerprint density at radius 1 is 1.17 bits per heavy atom. The number of hydrogen-bond donors (Lipinski definition) is 2. The van der Waals surface area contributed by atoms with E-state index in [1.54, 1.807) is 19.1 Å². The molecule has 0 atom stereocenters. The molecule has 0 unspecified atom stereocenters. The van der Waals surface area contributed by atoms with E-state index in [0.717, 1.165) is 12.1 Å². The van der Waals surface area contributed by atoms with E-state index in [9.17, 15) is 18.3 Å². The normalized spacial score (nSPS) is 12.1. The number of ether oxygens (including phenoxy) is 1. The van der Waals surface area contributed by atoms with Gasteiger partial charge in [-0.25, -0.2) is 0 Å². The van der Waals surface area contributed by atoms with E-state index in [4.69, 9.17) is 4.74 Å². The van der Waals surface area contributed by atoms with Crippen molar-refractivity contribution in [3.63, 3.8) is 0 Å². The number of anilines is 1. The highest BCUT2D eigenvalue weighted by Crippen LogP contribution is 2.30. The lowest BCUT2D eigenvalue weighted by Gasteiger charge is -2.09. The minimum absolute atomic E-state index is 0.0311. The third kappa shape index (κ3) is 4.15. The molecular weight excluding hydrogens is 309 g/mol. The fourth-order valence-corrected chi connectivity index (χ4v) is 1.92. The van der Waals surface area contributed by atoms with Gasteiger partial charge in [0, 0.05) is 11.6 Å². The molecule has 23 heavy (non-hydrogen) atoms. The summed E-state index contributed by atoms with van der Waals surface area (Å²) in [5, 5.41) is 13.9. The lowest BCUT2D eigenvalue weighted by atomic mass is 10.1. The van der Waals surface area contributed by atoms with Crippen LogP contribution in [0.4, 0.5) is 18.9 Å². The van der Waals surface area contributed by atoms with Crippen LogP contribution in [0.25, 0.3) is 0 Å². The van der Waals surface area contributed by atoms with Crippen LogP contribution in [0.15, 0.2) is 47.6 Å². The van der Waals surface area contributed by atoms with Gasteiger partial charge < -0.3 is 9.84 Å². The summed E-state index contributed by atoms with van der Waals surface area (Å²) in [6.07, 6.45) is -4.41. The second kappa shape index (κ2) is 6.60. The van der Waals surface area contributed by atoms with Crippen LogP contribution in [0.3, 0.4) is 0 Å². The van der Waals surface area contributed by atoms with Crippen molar-refractivity contribution in [2.45, 2.75) is 13.1 Å². The molecule has 0 heterocycles. The van der Waals surface area contributed by atoms with Gasteiger partial charge in [-0.15, -0.1) is 0 Å². The van der Waals surface area contributed by atoms with Gasteiger partial charge in [0.1, 0.15) is 11.5 Å². The van der Waals surface area contributed by atoms with Crippen molar-refractivity contribution in [1.29, 1.82) is 0 Å². The molecule has 0 aliphatic rings. The van der Waals surface area contributed by atoms with Gasteiger partial charge in [0.25, 0.3) is 0 Å². The van der Waals surface area contributed by atoms with Crippen LogP contribution in [-0.2, 0) is 6.18 Å². The number of methoxy groups -OCH3 is 1. The largest absolute Gasteiger partial charge is 0.507 e. The Morgan fingerprint density at radius 2 is 1.91 bits per heavy atom. The van der Waals surface area contributed by atoms with Gasteiger partial charge in [0.05, 0.1) is 24.1 Å². The zero-order valence-corrected chi connectivity index (χ0v) is 12.5. The number of benzene rings is 2. The summed E-state index contributed by atoms with van der Waals surface area (Å²) < 4.78 is 42.9. The van der Waals surface area contributed by atoms with Crippen molar-refractivity contribution in [1.82, 2.24) is 0 Å². The van der Waals surface area contributed by atoms with Crippen LogP contribution in [0.1, 0.15) is 18.1 Å². The fourth-order valence-electron chi connectivity index (χ4n) is 1.92. The zero-order valence-electron chi connectivity index (χ0n) is 12.5. The molecule has 122 valence electrons. The van der Waals surface area contributed by atoms with Crippen LogP contribution < -0.4 is 10.2 Å². The molecule has 0 amide bonds. The minimum Gasteiger partial charge on any atom is -0.507 e. The van der Waals surface area contributed by atoms with Crippen molar-refractivity contribution in [2.24, 2.45) is 5.10 Å². The molecule has 0 spiro atoms. The highest BCUT2D eigenvalue weighted by Gasteiger charge is 2.30. The summed E-state index contributed by atoms with van der Waals surface area (Å²) in [5.41, 5.74) is 2.86. The van der Waals surface area contributed by atoms with Crippen LogP contribution in [0, 0.1) is 0 Å². The molecule has 2 aromatic rings. The first-order chi connectivity index (χ1) is 10.8. The number of rotatable bonds is 4. The maximum Gasteiger partial charge on any atom is 0.416 e. The Balaban J connectivity index is 2.20. The van der Waals surface area contributed by atoms with Crippen molar-refractivity contribution in [3.8, 4) is 11.5 Å². The Hall–Kier alpha value is -2.70. The van der Waals surface area contributed by atoms with Gasteiger partial charge >= 0.3 is 6.18 Å². The predicted octanol–water partition coefficient (Wildman–Crippen LogP) is 4.26. The van der Waals surface area contributed by atoms with E-state index < -0.39 is 11.7 Å². The number of aromatic hydroxyl groups is 1.